The number of hydrogen-bond donors (Lipinski definition) is 1. The van der Waals surface area contributed by atoms with Crippen LogP contribution in [0.4, 0.5) is 5.69 Å². The van der Waals surface area contributed by atoms with Gasteiger partial charge in [0.1, 0.15) is 11.8 Å². The smallest absolute Gasteiger partial charge is 0.269 e. The van der Waals surface area contributed by atoms with Crippen molar-refractivity contribution in [1.29, 1.82) is 10.7 Å². The van der Waals surface area contributed by atoms with Crippen molar-refractivity contribution in [2.75, 3.05) is 0 Å². The summed E-state index contributed by atoms with van der Waals surface area (Å²) < 4.78 is 8.01. The molecule has 2 aromatic carbocycles. The maximum Gasteiger partial charge on any atom is 0.269 e. The summed E-state index contributed by atoms with van der Waals surface area (Å²) in [4.78, 5) is 15.1. The summed E-state index contributed by atoms with van der Waals surface area (Å²) in [6, 6.07) is 12.6. The van der Waals surface area contributed by atoms with Gasteiger partial charge in [0.2, 0.25) is 5.88 Å². The Bertz CT molecular complexity index is 1320. The van der Waals surface area contributed by atoms with Crippen LogP contribution in [0.25, 0.3) is 15.2 Å². The van der Waals surface area contributed by atoms with Crippen molar-refractivity contribution in [3.05, 3.63) is 68.7 Å². The lowest BCUT2D eigenvalue weighted by Gasteiger charge is -2.07. The molecule has 0 spiro atoms. The predicted octanol–water partition coefficient (Wildman–Crippen LogP) is 4.25. The summed E-state index contributed by atoms with van der Waals surface area (Å²) in [5.41, 5.74) is 0.535. The topological polar surface area (TPSA) is 117 Å². The third-order valence-electron chi connectivity index (χ3n) is 3.80. The van der Waals surface area contributed by atoms with Gasteiger partial charge in [-0.1, -0.05) is 22.9 Å². The number of halogens is 1. The van der Waals surface area contributed by atoms with Crippen LogP contribution < -0.4 is 10.2 Å². The Balaban J connectivity index is 1.87. The van der Waals surface area contributed by atoms with E-state index in [2.05, 4.69) is 4.98 Å². The third-order valence-corrected chi connectivity index (χ3v) is 5.04. The molecule has 0 amide bonds. The molecule has 27 heavy (non-hydrogen) atoms. The van der Waals surface area contributed by atoms with Gasteiger partial charge < -0.3 is 4.74 Å². The van der Waals surface area contributed by atoms with Crippen molar-refractivity contribution in [3.8, 4) is 17.7 Å². The number of nitro groups is 1. The second-order valence-electron chi connectivity index (χ2n) is 5.44. The van der Waals surface area contributed by atoms with Crippen LogP contribution in [0.2, 0.25) is 5.02 Å². The molecule has 0 fully saturated rings. The van der Waals surface area contributed by atoms with Crippen LogP contribution in [0.5, 0.6) is 11.6 Å². The van der Waals surface area contributed by atoms with Crippen LogP contribution in [-0.2, 0) is 0 Å². The number of aromatic nitrogens is 2. The monoisotopic (exact) mass is 397 g/mol. The lowest BCUT2D eigenvalue weighted by molar-refractivity contribution is -0.384. The molecule has 10 heteroatoms. The molecule has 0 atom stereocenters. The molecule has 0 bridgehead atoms. The van der Waals surface area contributed by atoms with Crippen molar-refractivity contribution >= 4 is 43.8 Å². The summed E-state index contributed by atoms with van der Waals surface area (Å²) in [7, 11) is 0. The number of nitrogens with one attached hydrogen (secondary N) is 1. The zero-order valence-electron chi connectivity index (χ0n) is 13.3. The fourth-order valence-corrected chi connectivity index (χ4v) is 3.86. The van der Waals surface area contributed by atoms with Gasteiger partial charge >= 0.3 is 0 Å². The highest BCUT2D eigenvalue weighted by Gasteiger charge is 2.17. The Morgan fingerprint density at radius 2 is 2.04 bits per heavy atom. The molecule has 0 unspecified atom stereocenters. The summed E-state index contributed by atoms with van der Waals surface area (Å²) >= 11 is 7.33. The molecule has 0 saturated carbocycles. The number of nitriles is 1. The van der Waals surface area contributed by atoms with Crippen LogP contribution >= 0.6 is 22.9 Å². The molecule has 132 valence electrons. The minimum absolute atomic E-state index is 0.0333. The van der Waals surface area contributed by atoms with Gasteiger partial charge in [0.05, 0.1) is 15.1 Å². The Kier molecular flexibility index (Phi) is 3.99. The quantitative estimate of drug-likeness (QED) is 0.409. The van der Waals surface area contributed by atoms with E-state index in [1.54, 1.807) is 22.6 Å². The van der Waals surface area contributed by atoms with E-state index in [9.17, 15) is 15.4 Å². The number of benzene rings is 2. The number of nitro benzene ring substituents is 1. The first-order chi connectivity index (χ1) is 13.0. The predicted molar refractivity (Wildman–Crippen MR) is 99.3 cm³/mol. The van der Waals surface area contributed by atoms with Gasteiger partial charge in [-0.05, 0) is 30.3 Å². The zero-order chi connectivity index (χ0) is 19.1. The van der Waals surface area contributed by atoms with Crippen molar-refractivity contribution in [2.45, 2.75) is 0 Å². The number of thiazole rings is 1. The van der Waals surface area contributed by atoms with E-state index in [1.807, 2.05) is 6.07 Å². The minimum Gasteiger partial charge on any atom is -0.437 e. The molecule has 4 rings (SSSR count). The summed E-state index contributed by atoms with van der Waals surface area (Å²) in [6.07, 6.45) is 0. The molecule has 0 aliphatic carbocycles. The third kappa shape index (κ3) is 2.87. The van der Waals surface area contributed by atoms with Gasteiger partial charge in [-0.2, -0.15) is 10.2 Å². The Morgan fingerprint density at radius 1 is 1.30 bits per heavy atom. The molecule has 2 heterocycles. The Labute approximate surface area is 160 Å². The average Bonchev–Trinajstić information content (AvgIpc) is 2.99. The average molecular weight is 398 g/mol. The number of rotatable bonds is 3. The van der Waals surface area contributed by atoms with Gasteiger partial charge in [-0.25, -0.2) is 0 Å². The second kappa shape index (κ2) is 6.35. The molecule has 0 aliphatic heterocycles. The molecule has 4 aromatic rings. The van der Waals surface area contributed by atoms with Crippen molar-refractivity contribution < 1.29 is 9.66 Å². The van der Waals surface area contributed by atoms with Gasteiger partial charge in [0, 0.05) is 17.2 Å². The second-order valence-corrected chi connectivity index (χ2v) is 6.88. The number of fused-ring (bicyclic) bond motifs is 3. The minimum atomic E-state index is -0.518. The molecule has 0 aliphatic rings. The standard InChI is InChI=1S/C17H8ClN5O3S/c18-9-1-6-13-14(7-9)27-17-21-16(12(8-19)15(20)22(13)17)26-11-4-2-10(3-5-11)23(24)25/h1-7,20H. The highest BCUT2D eigenvalue weighted by atomic mass is 35.5. The molecule has 2 aromatic heterocycles. The SMILES string of the molecule is N#Cc1c(Oc2ccc([N+](=O)[O-])cc2)nc2sc3cc(Cl)ccc3n2c1=N. The maximum absolute atomic E-state index is 10.7. The van der Waals surface area contributed by atoms with E-state index >= 15 is 0 Å². The Hall–Kier alpha value is -3.48. The van der Waals surface area contributed by atoms with E-state index in [4.69, 9.17) is 21.7 Å². The first-order valence-electron chi connectivity index (χ1n) is 7.50. The van der Waals surface area contributed by atoms with E-state index in [0.29, 0.717) is 9.98 Å². The van der Waals surface area contributed by atoms with E-state index in [-0.39, 0.29) is 28.4 Å². The van der Waals surface area contributed by atoms with E-state index < -0.39 is 4.92 Å². The van der Waals surface area contributed by atoms with E-state index in [1.165, 1.54) is 35.6 Å². The fraction of sp³-hybridized carbons (Fsp3) is 0. The number of hydrogen-bond acceptors (Lipinski definition) is 7. The normalized spacial score (nSPS) is 10.8. The first kappa shape index (κ1) is 17.0. The molecule has 0 radical (unpaired) electrons. The summed E-state index contributed by atoms with van der Waals surface area (Å²) in [6.45, 7) is 0. The van der Waals surface area contributed by atoms with Gasteiger partial charge in [-0.3, -0.25) is 19.9 Å². The molecule has 8 nitrogen and oxygen atoms in total. The van der Waals surface area contributed by atoms with Crippen LogP contribution in [-0.4, -0.2) is 14.3 Å². The molecule has 0 saturated heterocycles. The highest BCUT2D eigenvalue weighted by Crippen LogP contribution is 2.30. The van der Waals surface area contributed by atoms with Crippen LogP contribution in [0.1, 0.15) is 5.56 Å². The number of ether oxygens (including phenoxy) is 1. The van der Waals surface area contributed by atoms with Crippen LogP contribution in [0.15, 0.2) is 42.5 Å². The molecular formula is C17H8ClN5O3S. The zero-order valence-corrected chi connectivity index (χ0v) is 14.9. The maximum atomic E-state index is 10.7. The number of non-ortho nitro benzene ring substituents is 1. The van der Waals surface area contributed by atoms with Crippen LogP contribution in [0, 0.1) is 26.9 Å². The lowest BCUT2D eigenvalue weighted by Crippen LogP contribution is -2.18. The molecular weight excluding hydrogens is 390 g/mol. The molecule has 1 N–H and O–H groups in total. The van der Waals surface area contributed by atoms with E-state index in [0.717, 1.165) is 10.2 Å². The summed E-state index contributed by atoms with van der Waals surface area (Å²) in [5.74, 6) is 0.242. The van der Waals surface area contributed by atoms with Gasteiger partial charge in [0.15, 0.2) is 16.0 Å². The lowest BCUT2D eigenvalue weighted by atomic mass is 10.3. The highest BCUT2D eigenvalue weighted by molar-refractivity contribution is 7.23. The van der Waals surface area contributed by atoms with Gasteiger partial charge in [0.25, 0.3) is 5.69 Å². The van der Waals surface area contributed by atoms with Crippen molar-refractivity contribution in [3.63, 3.8) is 0 Å². The van der Waals surface area contributed by atoms with Crippen molar-refractivity contribution in [1.82, 2.24) is 9.38 Å². The first-order valence-corrected chi connectivity index (χ1v) is 8.69. The fourth-order valence-electron chi connectivity index (χ4n) is 2.57. The number of nitrogens with zero attached hydrogens (tertiary/aromatic N) is 4. The van der Waals surface area contributed by atoms with Crippen molar-refractivity contribution in [2.24, 2.45) is 0 Å². The Morgan fingerprint density at radius 3 is 2.70 bits per heavy atom. The summed E-state index contributed by atoms with van der Waals surface area (Å²) in [5, 5.41) is 29.2. The van der Waals surface area contributed by atoms with Crippen LogP contribution in [0.3, 0.4) is 0 Å². The largest absolute Gasteiger partial charge is 0.437 e. The van der Waals surface area contributed by atoms with Gasteiger partial charge in [-0.15, -0.1) is 0 Å².